The lowest BCUT2D eigenvalue weighted by Crippen LogP contribution is -2.48. The van der Waals surface area contributed by atoms with Gasteiger partial charge >= 0.3 is 11.9 Å². The predicted octanol–water partition coefficient (Wildman–Crippen LogP) is 0.928. The average molecular weight is 339 g/mol. The van der Waals surface area contributed by atoms with Gasteiger partial charge in [0.25, 0.3) is 5.91 Å². The van der Waals surface area contributed by atoms with Gasteiger partial charge < -0.3 is 24.3 Å². The molecule has 0 unspecified atom stereocenters. The van der Waals surface area contributed by atoms with Crippen molar-refractivity contribution >= 4 is 17.8 Å². The Balaban J connectivity index is 2.98. The van der Waals surface area contributed by atoms with Crippen LogP contribution in [0.25, 0.3) is 0 Å². The first kappa shape index (κ1) is 19.3. The molecule has 0 saturated heterocycles. The topological polar surface area (TPSA) is 100 Å². The van der Waals surface area contributed by atoms with Crippen molar-refractivity contribution in [1.82, 2.24) is 5.32 Å². The van der Waals surface area contributed by atoms with Gasteiger partial charge in [-0.3, -0.25) is 4.79 Å². The minimum absolute atomic E-state index is 0.0704. The summed E-state index contributed by atoms with van der Waals surface area (Å²) in [5.41, 5.74) is 0.186. The summed E-state index contributed by atoms with van der Waals surface area (Å²) < 4.78 is 19.8. The van der Waals surface area contributed by atoms with E-state index in [9.17, 15) is 14.4 Å². The Bertz CT molecular complexity index is 582. The molecule has 0 aliphatic rings. The summed E-state index contributed by atoms with van der Waals surface area (Å²) >= 11 is 0. The summed E-state index contributed by atoms with van der Waals surface area (Å²) in [6.07, 6.45) is 0. The Morgan fingerprint density at radius 3 is 1.96 bits per heavy atom. The molecule has 0 heterocycles. The van der Waals surface area contributed by atoms with E-state index in [0.717, 1.165) is 0 Å². The van der Waals surface area contributed by atoms with Gasteiger partial charge in [0.15, 0.2) is 11.5 Å². The van der Waals surface area contributed by atoms with Crippen LogP contribution in [0.5, 0.6) is 11.5 Å². The van der Waals surface area contributed by atoms with E-state index in [0.29, 0.717) is 11.5 Å². The van der Waals surface area contributed by atoms with Crippen molar-refractivity contribution in [1.29, 1.82) is 0 Å². The van der Waals surface area contributed by atoms with Crippen LogP contribution < -0.4 is 14.8 Å². The number of benzene rings is 1. The van der Waals surface area contributed by atoms with Crippen LogP contribution in [0.15, 0.2) is 18.2 Å². The second kappa shape index (κ2) is 9.39. The van der Waals surface area contributed by atoms with E-state index in [1.54, 1.807) is 13.8 Å². The molecule has 0 saturated carbocycles. The molecule has 0 aliphatic carbocycles. The molecule has 0 bridgehead atoms. The SMILES string of the molecule is CCOC(=O)C(NC(=O)c1ccc(OC)c(OC)c1)C(=O)OCC. The van der Waals surface area contributed by atoms with Crippen LogP contribution in [0.2, 0.25) is 0 Å². The van der Waals surface area contributed by atoms with E-state index in [4.69, 9.17) is 18.9 Å². The lowest BCUT2D eigenvalue weighted by Gasteiger charge is -2.16. The number of methoxy groups -OCH3 is 2. The van der Waals surface area contributed by atoms with Gasteiger partial charge in [-0.05, 0) is 32.0 Å². The number of hydrogen-bond donors (Lipinski definition) is 1. The van der Waals surface area contributed by atoms with Crippen LogP contribution in [-0.4, -0.2) is 51.3 Å². The average Bonchev–Trinajstić information content (AvgIpc) is 2.58. The second-order valence-electron chi connectivity index (χ2n) is 4.48. The van der Waals surface area contributed by atoms with Crippen molar-refractivity contribution in [3.05, 3.63) is 23.8 Å². The van der Waals surface area contributed by atoms with Gasteiger partial charge in [0.1, 0.15) is 0 Å². The highest BCUT2D eigenvalue weighted by Crippen LogP contribution is 2.27. The van der Waals surface area contributed by atoms with Gasteiger partial charge in [0, 0.05) is 5.56 Å². The number of amides is 1. The second-order valence-corrected chi connectivity index (χ2v) is 4.48. The molecular formula is C16H21NO7. The fourth-order valence-electron chi connectivity index (χ4n) is 1.86. The molecule has 1 aromatic rings. The van der Waals surface area contributed by atoms with Gasteiger partial charge in [-0.2, -0.15) is 0 Å². The molecule has 0 atom stereocenters. The van der Waals surface area contributed by atoms with E-state index in [1.165, 1.54) is 32.4 Å². The molecule has 8 nitrogen and oxygen atoms in total. The number of rotatable bonds is 8. The zero-order chi connectivity index (χ0) is 18.1. The molecular weight excluding hydrogens is 318 g/mol. The van der Waals surface area contributed by atoms with Crippen LogP contribution in [0.3, 0.4) is 0 Å². The zero-order valence-corrected chi connectivity index (χ0v) is 14.1. The summed E-state index contributed by atoms with van der Waals surface area (Å²) in [6, 6.07) is 2.91. The van der Waals surface area contributed by atoms with Gasteiger partial charge in [0.05, 0.1) is 27.4 Å². The Hall–Kier alpha value is -2.77. The molecule has 1 N–H and O–H groups in total. The standard InChI is InChI=1S/C16H21NO7/c1-5-23-15(19)13(16(20)24-6-2)17-14(18)10-7-8-11(21-3)12(9-10)22-4/h7-9,13H,5-6H2,1-4H3,(H,17,18). The van der Waals surface area contributed by atoms with Crippen molar-refractivity contribution in [2.45, 2.75) is 19.9 Å². The molecule has 0 fully saturated rings. The van der Waals surface area contributed by atoms with Crippen molar-refractivity contribution in [2.75, 3.05) is 27.4 Å². The normalized spacial score (nSPS) is 10.0. The fraction of sp³-hybridized carbons (Fsp3) is 0.438. The van der Waals surface area contributed by atoms with Crippen molar-refractivity contribution in [2.24, 2.45) is 0 Å². The Morgan fingerprint density at radius 2 is 1.50 bits per heavy atom. The first-order valence-electron chi connectivity index (χ1n) is 7.34. The molecule has 0 radical (unpaired) electrons. The number of nitrogens with one attached hydrogen (secondary N) is 1. The molecule has 24 heavy (non-hydrogen) atoms. The van der Waals surface area contributed by atoms with E-state index < -0.39 is 23.9 Å². The lowest BCUT2D eigenvalue weighted by atomic mass is 10.1. The highest BCUT2D eigenvalue weighted by Gasteiger charge is 2.31. The maximum absolute atomic E-state index is 12.3. The maximum atomic E-state index is 12.3. The largest absolute Gasteiger partial charge is 0.493 e. The third-order valence-corrected chi connectivity index (χ3v) is 2.97. The van der Waals surface area contributed by atoms with Gasteiger partial charge in [-0.15, -0.1) is 0 Å². The molecule has 1 rings (SSSR count). The number of carbonyl (C=O) groups is 3. The lowest BCUT2D eigenvalue weighted by molar-refractivity contribution is -0.157. The summed E-state index contributed by atoms with van der Waals surface area (Å²) in [6.45, 7) is 3.33. The van der Waals surface area contributed by atoms with Gasteiger partial charge in [-0.1, -0.05) is 0 Å². The number of hydrogen-bond acceptors (Lipinski definition) is 7. The number of ether oxygens (including phenoxy) is 4. The molecule has 8 heteroatoms. The molecule has 0 aliphatic heterocycles. The molecule has 1 aromatic carbocycles. The predicted molar refractivity (Wildman–Crippen MR) is 84.1 cm³/mol. The van der Waals surface area contributed by atoms with Crippen LogP contribution >= 0.6 is 0 Å². The third-order valence-electron chi connectivity index (χ3n) is 2.97. The van der Waals surface area contributed by atoms with E-state index in [1.807, 2.05) is 0 Å². The smallest absolute Gasteiger partial charge is 0.340 e. The molecule has 0 aromatic heterocycles. The molecule has 0 spiro atoms. The summed E-state index contributed by atoms with van der Waals surface area (Å²) in [5.74, 6) is -1.63. The van der Waals surface area contributed by atoms with Crippen LogP contribution in [-0.2, 0) is 19.1 Å². The highest BCUT2D eigenvalue weighted by molar-refractivity contribution is 6.05. The minimum atomic E-state index is -1.54. The molecule has 1 amide bonds. The maximum Gasteiger partial charge on any atom is 0.340 e. The van der Waals surface area contributed by atoms with Crippen LogP contribution in [0.1, 0.15) is 24.2 Å². The van der Waals surface area contributed by atoms with Crippen molar-refractivity contribution in [3.63, 3.8) is 0 Å². The van der Waals surface area contributed by atoms with E-state index in [-0.39, 0.29) is 18.8 Å². The summed E-state index contributed by atoms with van der Waals surface area (Å²) in [4.78, 5) is 36.1. The van der Waals surface area contributed by atoms with Gasteiger partial charge in [-0.25, -0.2) is 9.59 Å². The highest BCUT2D eigenvalue weighted by atomic mass is 16.6. The van der Waals surface area contributed by atoms with Crippen LogP contribution in [0.4, 0.5) is 0 Å². The zero-order valence-electron chi connectivity index (χ0n) is 14.1. The van der Waals surface area contributed by atoms with Crippen molar-refractivity contribution < 1.29 is 33.3 Å². The number of carbonyl (C=O) groups excluding carboxylic acids is 3. The van der Waals surface area contributed by atoms with E-state index >= 15 is 0 Å². The quantitative estimate of drug-likeness (QED) is 0.555. The Kier molecular flexibility index (Phi) is 7.54. The minimum Gasteiger partial charge on any atom is -0.493 e. The van der Waals surface area contributed by atoms with Crippen LogP contribution in [0, 0.1) is 0 Å². The Labute approximate surface area is 140 Å². The summed E-state index contributed by atoms with van der Waals surface area (Å²) in [5, 5.41) is 2.31. The van der Waals surface area contributed by atoms with Crippen molar-refractivity contribution in [3.8, 4) is 11.5 Å². The Morgan fingerprint density at radius 1 is 0.958 bits per heavy atom. The monoisotopic (exact) mass is 339 g/mol. The number of esters is 2. The van der Waals surface area contributed by atoms with Gasteiger partial charge in [0.2, 0.25) is 6.04 Å². The molecule has 132 valence electrons. The summed E-state index contributed by atoms with van der Waals surface area (Å²) in [7, 11) is 2.90. The fourth-order valence-corrected chi connectivity index (χ4v) is 1.86. The van der Waals surface area contributed by atoms with E-state index in [2.05, 4.69) is 5.32 Å². The third kappa shape index (κ3) is 4.87. The first-order chi connectivity index (χ1) is 11.5. The first-order valence-corrected chi connectivity index (χ1v) is 7.34.